The van der Waals surface area contributed by atoms with Gasteiger partial charge in [-0.15, -0.1) is 0 Å². The monoisotopic (exact) mass is 140 g/mol. The van der Waals surface area contributed by atoms with Gasteiger partial charge in [0, 0.05) is 11.4 Å². The highest BCUT2D eigenvalue weighted by Crippen LogP contribution is 2.12. The van der Waals surface area contributed by atoms with E-state index < -0.39 is 0 Å². The molecule has 10 heavy (non-hydrogen) atoms. The van der Waals surface area contributed by atoms with Crippen molar-refractivity contribution in [3.05, 3.63) is 10.4 Å². The van der Waals surface area contributed by atoms with Crippen LogP contribution in [-0.4, -0.2) is 11.4 Å². The summed E-state index contributed by atoms with van der Waals surface area (Å²) in [6, 6.07) is 0. The molecule has 1 saturated carbocycles. The topological polar surface area (TPSA) is 70.8 Å². The minimum atomic E-state index is 0.348. The molecule has 0 saturated heterocycles. The van der Waals surface area contributed by atoms with Crippen LogP contribution in [0.4, 0.5) is 0 Å². The Kier molecular flexibility index (Phi) is 2.25. The quantitative estimate of drug-likeness (QED) is 0.477. The molecule has 0 aromatic carbocycles. The molecule has 0 aliphatic heterocycles. The van der Waals surface area contributed by atoms with Crippen LogP contribution in [0.3, 0.4) is 0 Å². The van der Waals surface area contributed by atoms with E-state index >= 15 is 0 Å². The Morgan fingerprint density at radius 3 is 1.60 bits per heavy atom. The van der Waals surface area contributed by atoms with Gasteiger partial charge in [-0.2, -0.15) is 0 Å². The van der Waals surface area contributed by atoms with E-state index in [9.17, 15) is 10.4 Å². The number of nitrogens with zero attached hydrogens (tertiary/aromatic N) is 2. The summed E-state index contributed by atoms with van der Waals surface area (Å²) in [4.78, 5) is 0. The lowest BCUT2D eigenvalue weighted by Crippen LogP contribution is -2.18. The summed E-state index contributed by atoms with van der Waals surface area (Å²) < 4.78 is 0. The Bertz CT molecular complexity index is 155. The van der Waals surface area contributed by atoms with Crippen LogP contribution in [0.5, 0.6) is 0 Å². The molecule has 56 valence electrons. The molecule has 0 heterocycles. The summed E-state index contributed by atoms with van der Waals surface area (Å²) in [5, 5.41) is 25.5. The lowest BCUT2D eigenvalue weighted by atomic mass is 9.97. The molecular formula is C6H8N2O2-2. The Morgan fingerprint density at radius 2 is 1.30 bits per heavy atom. The summed E-state index contributed by atoms with van der Waals surface area (Å²) in [7, 11) is 0. The van der Waals surface area contributed by atoms with E-state index in [1.807, 2.05) is 0 Å². The van der Waals surface area contributed by atoms with Crippen LogP contribution < -0.4 is 0 Å². The summed E-state index contributed by atoms with van der Waals surface area (Å²) >= 11 is 0. The van der Waals surface area contributed by atoms with Gasteiger partial charge in [0.1, 0.15) is 0 Å². The molecule has 0 aromatic rings. The minimum Gasteiger partial charge on any atom is -0.792 e. The average Bonchev–Trinajstić information content (AvgIpc) is 2.04. The molecule has 0 atom stereocenters. The Balaban J connectivity index is 2.69. The molecule has 4 nitrogen and oxygen atoms in total. The lowest BCUT2D eigenvalue weighted by Gasteiger charge is -2.17. The van der Waals surface area contributed by atoms with Gasteiger partial charge in [-0.3, -0.25) is 0 Å². The maximum Gasteiger partial charge on any atom is 0.0499 e. The average molecular weight is 140 g/mol. The van der Waals surface area contributed by atoms with Gasteiger partial charge in [0.05, 0.1) is 0 Å². The van der Waals surface area contributed by atoms with Crippen molar-refractivity contribution >= 4 is 11.4 Å². The largest absolute Gasteiger partial charge is 0.792 e. The first kappa shape index (κ1) is 7.05. The van der Waals surface area contributed by atoms with Crippen LogP contribution >= 0.6 is 0 Å². The van der Waals surface area contributed by atoms with Crippen LogP contribution in [0.15, 0.2) is 10.3 Å². The molecule has 0 spiro atoms. The molecule has 1 rings (SSSR count). The van der Waals surface area contributed by atoms with Crippen molar-refractivity contribution in [1.29, 1.82) is 0 Å². The summed E-state index contributed by atoms with van der Waals surface area (Å²) in [5.41, 5.74) is 0.697. The number of hydrogen-bond donors (Lipinski definition) is 0. The van der Waals surface area contributed by atoms with Gasteiger partial charge in [0.15, 0.2) is 0 Å². The van der Waals surface area contributed by atoms with Crippen molar-refractivity contribution in [3.63, 3.8) is 0 Å². The lowest BCUT2D eigenvalue weighted by molar-refractivity contribution is 0.776. The summed E-state index contributed by atoms with van der Waals surface area (Å²) in [6.07, 6.45) is 3.12. The van der Waals surface area contributed by atoms with Crippen molar-refractivity contribution in [1.82, 2.24) is 0 Å². The summed E-state index contributed by atoms with van der Waals surface area (Å²) in [5.74, 6) is 0. The van der Waals surface area contributed by atoms with Crippen molar-refractivity contribution in [3.8, 4) is 0 Å². The second kappa shape index (κ2) is 3.20. The van der Waals surface area contributed by atoms with E-state index in [4.69, 9.17) is 0 Å². The molecule has 0 radical (unpaired) electrons. The van der Waals surface area contributed by atoms with Crippen LogP contribution in [0, 0.1) is 10.4 Å². The van der Waals surface area contributed by atoms with E-state index in [-0.39, 0.29) is 0 Å². The molecule has 1 aliphatic carbocycles. The predicted molar refractivity (Wildman–Crippen MR) is 40.1 cm³/mol. The van der Waals surface area contributed by atoms with E-state index in [1.54, 1.807) is 0 Å². The first-order chi connectivity index (χ1) is 4.88. The molecular weight excluding hydrogens is 132 g/mol. The first-order valence-corrected chi connectivity index (χ1v) is 3.27. The molecule has 0 N–H and O–H groups in total. The van der Waals surface area contributed by atoms with Crippen LogP contribution in [0.2, 0.25) is 0 Å². The van der Waals surface area contributed by atoms with Crippen LogP contribution in [0.1, 0.15) is 25.7 Å². The van der Waals surface area contributed by atoms with Crippen molar-refractivity contribution in [2.24, 2.45) is 10.3 Å². The fraction of sp³-hybridized carbons (Fsp3) is 0.667. The summed E-state index contributed by atoms with van der Waals surface area (Å²) in [6.45, 7) is 0. The van der Waals surface area contributed by atoms with E-state index in [1.165, 1.54) is 0 Å². The van der Waals surface area contributed by atoms with Gasteiger partial charge < -0.3 is 20.7 Å². The minimum absolute atomic E-state index is 0.348. The third-order valence-corrected chi connectivity index (χ3v) is 1.63. The third-order valence-electron chi connectivity index (χ3n) is 1.63. The van der Waals surface area contributed by atoms with Crippen molar-refractivity contribution < 1.29 is 0 Å². The highest BCUT2D eigenvalue weighted by atomic mass is 16.4. The number of rotatable bonds is 0. The first-order valence-electron chi connectivity index (χ1n) is 3.27. The Hall–Kier alpha value is -1.06. The molecule has 0 amide bonds. The second-order valence-electron chi connectivity index (χ2n) is 2.28. The zero-order valence-corrected chi connectivity index (χ0v) is 5.54. The molecule has 1 aliphatic rings. The number of hydrogen-bond acceptors (Lipinski definition) is 4. The molecule has 1 fully saturated rings. The maximum absolute atomic E-state index is 10.0. The predicted octanol–water partition coefficient (Wildman–Crippen LogP) is 1.44. The van der Waals surface area contributed by atoms with Gasteiger partial charge in [-0.05, 0) is 25.7 Å². The zero-order chi connectivity index (χ0) is 7.40. The van der Waals surface area contributed by atoms with Gasteiger partial charge in [-0.25, -0.2) is 0 Å². The van der Waals surface area contributed by atoms with E-state index in [0.29, 0.717) is 24.3 Å². The van der Waals surface area contributed by atoms with Crippen LogP contribution in [-0.2, 0) is 0 Å². The highest BCUT2D eigenvalue weighted by Gasteiger charge is 2.10. The highest BCUT2D eigenvalue weighted by molar-refractivity contribution is 6.42. The van der Waals surface area contributed by atoms with E-state index in [0.717, 1.165) is 12.8 Å². The van der Waals surface area contributed by atoms with Crippen LogP contribution in [0.25, 0.3) is 0 Å². The van der Waals surface area contributed by atoms with Crippen molar-refractivity contribution in [2.45, 2.75) is 25.7 Å². The normalized spacial score (nSPS) is 27.6. The standard InChI is InChI=1S/C6H10N2O2/c9-7-5-3-1-2-4-6(5)8-10/h9-10H,1-4H2/p-2. The Labute approximate surface area is 58.8 Å². The SMILES string of the molecule is [O-]N=C1CCCCC1=N[O-]. The van der Waals surface area contributed by atoms with Gasteiger partial charge in [-0.1, -0.05) is 0 Å². The second-order valence-corrected chi connectivity index (χ2v) is 2.28. The molecule has 0 bridgehead atoms. The van der Waals surface area contributed by atoms with Gasteiger partial charge >= 0.3 is 0 Å². The van der Waals surface area contributed by atoms with Gasteiger partial charge in [0.2, 0.25) is 0 Å². The van der Waals surface area contributed by atoms with E-state index in [2.05, 4.69) is 10.3 Å². The maximum atomic E-state index is 10.0. The molecule has 0 aromatic heterocycles. The fourth-order valence-electron chi connectivity index (χ4n) is 1.07. The molecule has 0 unspecified atom stereocenters. The van der Waals surface area contributed by atoms with Gasteiger partial charge in [0.25, 0.3) is 0 Å². The molecule has 4 heteroatoms. The van der Waals surface area contributed by atoms with Crippen molar-refractivity contribution in [2.75, 3.05) is 0 Å². The Morgan fingerprint density at radius 1 is 0.900 bits per heavy atom. The zero-order valence-electron chi connectivity index (χ0n) is 5.54. The third kappa shape index (κ3) is 1.26. The smallest absolute Gasteiger partial charge is 0.0499 e. The fourth-order valence-corrected chi connectivity index (χ4v) is 1.07.